The van der Waals surface area contributed by atoms with Gasteiger partial charge in [0.05, 0.1) is 0 Å². The molecule has 0 atom stereocenters. The number of hydrogen-bond donors (Lipinski definition) is 0. The zero-order chi connectivity index (χ0) is 18.5. The van der Waals surface area contributed by atoms with Crippen LogP contribution in [-0.4, -0.2) is 20.3 Å². The Balaban J connectivity index is 2.26. The Morgan fingerprint density at radius 3 is 2.20 bits per heavy atom. The lowest BCUT2D eigenvalue weighted by molar-refractivity contribution is -0.0592. The maximum atomic E-state index is 13.0. The molecular weight excluding hydrogens is 355 g/mol. The molecule has 0 aliphatic heterocycles. The van der Waals surface area contributed by atoms with Gasteiger partial charge in [-0.25, -0.2) is 0 Å². The number of oxime groups is 1. The maximum absolute atomic E-state index is 13.0. The van der Waals surface area contributed by atoms with E-state index in [1.54, 1.807) is 37.3 Å². The van der Waals surface area contributed by atoms with Crippen molar-refractivity contribution in [2.24, 2.45) is 5.16 Å². The summed E-state index contributed by atoms with van der Waals surface area (Å²) < 4.78 is 67.1. The molecule has 0 heterocycles. The maximum Gasteiger partial charge on any atom is 0.436 e. The minimum Gasteiger partial charge on any atom is -0.264 e. The Morgan fingerprint density at radius 2 is 1.64 bits per heavy atom. The van der Waals surface area contributed by atoms with Gasteiger partial charge in [0.25, 0.3) is 0 Å². The summed E-state index contributed by atoms with van der Waals surface area (Å²) in [6.07, 6.45) is -3.05. The fourth-order valence-corrected chi connectivity index (χ4v) is 2.49. The number of alkyl halides is 3. The molecule has 0 aliphatic carbocycles. The Bertz CT molecular complexity index is 872. The number of aryl methyl sites for hydroxylation is 1. The zero-order valence-corrected chi connectivity index (χ0v) is 13.9. The molecule has 0 fully saturated rings. The summed E-state index contributed by atoms with van der Waals surface area (Å²) in [4.78, 5) is -0.282. The van der Waals surface area contributed by atoms with E-state index in [0.717, 1.165) is 11.6 Å². The standard InChI is InChI=1S/C17H14F3NO3S/c1-13-7-10-15(11-8-13)25(22,23)24-21-16(17(18,19)20)12-9-14-5-3-2-4-6-14/h2-12H,1H3. The molecule has 0 saturated carbocycles. The first-order valence-electron chi connectivity index (χ1n) is 7.07. The summed E-state index contributed by atoms with van der Waals surface area (Å²) in [6.45, 7) is 1.74. The molecule has 0 N–H and O–H groups in total. The predicted molar refractivity (Wildman–Crippen MR) is 88.4 cm³/mol. The van der Waals surface area contributed by atoms with Crippen molar-refractivity contribution in [3.05, 3.63) is 71.8 Å². The second-order valence-electron chi connectivity index (χ2n) is 5.06. The van der Waals surface area contributed by atoms with Crippen LogP contribution >= 0.6 is 0 Å². The van der Waals surface area contributed by atoms with E-state index in [-0.39, 0.29) is 4.90 Å². The smallest absolute Gasteiger partial charge is 0.264 e. The van der Waals surface area contributed by atoms with Crippen molar-refractivity contribution in [3.63, 3.8) is 0 Å². The Labute approximate surface area is 143 Å². The second kappa shape index (κ2) is 7.52. The first-order chi connectivity index (χ1) is 11.7. The van der Waals surface area contributed by atoms with Crippen LogP contribution in [0.5, 0.6) is 0 Å². The van der Waals surface area contributed by atoms with E-state index in [9.17, 15) is 21.6 Å². The van der Waals surface area contributed by atoms with Gasteiger partial charge in [0.2, 0.25) is 0 Å². The first-order valence-corrected chi connectivity index (χ1v) is 8.48. The average Bonchev–Trinajstić information content (AvgIpc) is 2.55. The molecule has 0 bridgehead atoms. The topological polar surface area (TPSA) is 55.7 Å². The SMILES string of the molecule is Cc1ccc(S(=O)(=O)ON=C(C=Cc2ccccc2)C(F)(F)F)cc1. The lowest BCUT2D eigenvalue weighted by Gasteiger charge is -2.07. The van der Waals surface area contributed by atoms with E-state index in [2.05, 4.69) is 9.44 Å². The summed E-state index contributed by atoms with van der Waals surface area (Å²) in [5.41, 5.74) is -0.169. The lowest BCUT2D eigenvalue weighted by Crippen LogP contribution is -2.21. The molecule has 0 aliphatic rings. The van der Waals surface area contributed by atoms with Crippen LogP contribution in [0.1, 0.15) is 11.1 Å². The van der Waals surface area contributed by atoms with Crippen LogP contribution in [0.3, 0.4) is 0 Å². The highest BCUT2D eigenvalue weighted by Crippen LogP contribution is 2.21. The van der Waals surface area contributed by atoms with Crippen LogP contribution in [0, 0.1) is 6.92 Å². The third-order valence-corrected chi connectivity index (χ3v) is 4.19. The van der Waals surface area contributed by atoms with Gasteiger partial charge in [-0.05, 0) is 30.7 Å². The molecular formula is C17H14F3NO3S. The Hall–Kier alpha value is -2.61. The van der Waals surface area contributed by atoms with Crippen molar-refractivity contribution in [2.45, 2.75) is 18.0 Å². The van der Waals surface area contributed by atoms with Crippen molar-refractivity contribution < 1.29 is 25.9 Å². The highest BCUT2D eigenvalue weighted by molar-refractivity contribution is 7.86. The molecule has 0 unspecified atom stereocenters. The second-order valence-corrected chi connectivity index (χ2v) is 6.59. The molecule has 0 spiro atoms. The number of nitrogens with zero attached hydrogens (tertiary/aromatic N) is 1. The molecule has 2 aromatic carbocycles. The van der Waals surface area contributed by atoms with Crippen LogP contribution < -0.4 is 0 Å². The third kappa shape index (κ3) is 5.46. The molecule has 2 rings (SSSR count). The van der Waals surface area contributed by atoms with Gasteiger partial charge in [-0.1, -0.05) is 59.3 Å². The molecule has 4 nitrogen and oxygen atoms in total. The lowest BCUT2D eigenvalue weighted by atomic mass is 10.2. The molecule has 8 heteroatoms. The Morgan fingerprint density at radius 1 is 1.04 bits per heavy atom. The van der Waals surface area contributed by atoms with Gasteiger partial charge in [-0.2, -0.15) is 21.6 Å². The van der Waals surface area contributed by atoms with Crippen LogP contribution in [0.25, 0.3) is 6.08 Å². The number of allylic oxidation sites excluding steroid dienone is 1. The van der Waals surface area contributed by atoms with Crippen molar-refractivity contribution in [2.75, 3.05) is 0 Å². The van der Waals surface area contributed by atoms with E-state index >= 15 is 0 Å². The van der Waals surface area contributed by atoms with E-state index < -0.39 is 22.0 Å². The number of benzene rings is 2. The largest absolute Gasteiger partial charge is 0.436 e. The molecule has 0 radical (unpaired) electrons. The molecule has 0 aromatic heterocycles. The van der Waals surface area contributed by atoms with Gasteiger partial charge in [-0.3, -0.25) is 4.28 Å². The number of rotatable bonds is 5. The Kier molecular flexibility index (Phi) is 5.63. The fraction of sp³-hybridized carbons (Fsp3) is 0.118. The van der Waals surface area contributed by atoms with Crippen LogP contribution in [0.15, 0.2) is 70.7 Å². The van der Waals surface area contributed by atoms with Gasteiger partial charge in [0.1, 0.15) is 4.90 Å². The van der Waals surface area contributed by atoms with E-state index in [0.29, 0.717) is 11.6 Å². The normalized spacial score (nSPS) is 13.2. The average molecular weight is 369 g/mol. The highest BCUT2D eigenvalue weighted by atomic mass is 32.2. The van der Waals surface area contributed by atoms with E-state index in [1.165, 1.54) is 24.3 Å². The van der Waals surface area contributed by atoms with Crippen molar-refractivity contribution in [1.82, 2.24) is 0 Å². The predicted octanol–water partition coefficient (Wildman–Crippen LogP) is 4.33. The molecule has 0 saturated heterocycles. The molecule has 132 valence electrons. The number of hydrogen-bond acceptors (Lipinski definition) is 4. The van der Waals surface area contributed by atoms with Crippen LogP contribution in [-0.2, 0) is 14.4 Å². The van der Waals surface area contributed by atoms with Gasteiger partial charge in [-0.15, -0.1) is 0 Å². The summed E-state index contributed by atoms with van der Waals surface area (Å²) in [7, 11) is -4.44. The van der Waals surface area contributed by atoms with Crippen molar-refractivity contribution in [3.8, 4) is 0 Å². The van der Waals surface area contributed by atoms with E-state index in [4.69, 9.17) is 0 Å². The summed E-state index contributed by atoms with van der Waals surface area (Å²) in [5, 5.41) is 2.80. The first kappa shape index (κ1) is 18.7. The van der Waals surface area contributed by atoms with E-state index in [1.807, 2.05) is 0 Å². The van der Waals surface area contributed by atoms with Gasteiger partial charge >= 0.3 is 16.3 Å². The highest BCUT2D eigenvalue weighted by Gasteiger charge is 2.35. The molecule has 25 heavy (non-hydrogen) atoms. The van der Waals surface area contributed by atoms with Gasteiger partial charge in [0.15, 0.2) is 5.71 Å². The zero-order valence-electron chi connectivity index (χ0n) is 13.1. The third-order valence-electron chi connectivity index (χ3n) is 3.07. The summed E-state index contributed by atoms with van der Waals surface area (Å²) >= 11 is 0. The van der Waals surface area contributed by atoms with Crippen LogP contribution in [0.2, 0.25) is 0 Å². The molecule has 0 amide bonds. The minimum atomic E-state index is -4.87. The van der Waals surface area contributed by atoms with Crippen molar-refractivity contribution in [1.29, 1.82) is 0 Å². The quantitative estimate of drug-likeness (QED) is 0.582. The molecule has 2 aromatic rings. The number of halogens is 3. The minimum absolute atomic E-state index is 0.282. The summed E-state index contributed by atoms with van der Waals surface area (Å²) in [6, 6.07) is 13.7. The van der Waals surface area contributed by atoms with Gasteiger partial charge in [0, 0.05) is 0 Å². The summed E-state index contributed by atoms with van der Waals surface area (Å²) in [5.74, 6) is 0. The van der Waals surface area contributed by atoms with Crippen molar-refractivity contribution >= 4 is 21.9 Å². The monoisotopic (exact) mass is 369 g/mol. The van der Waals surface area contributed by atoms with Crippen LogP contribution in [0.4, 0.5) is 13.2 Å². The fourth-order valence-electron chi connectivity index (χ4n) is 1.75. The van der Waals surface area contributed by atoms with Gasteiger partial charge < -0.3 is 0 Å².